The SMILES string of the molecule is CCCCCCCCCCCCC(CCCCCCC(C)C)OC(=O)c1ccccc1C(=O)O. The van der Waals surface area contributed by atoms with Gasteiger partial charge < -0.3 is 9.84 Å². The first-order valence-electron chi connectivity index (χ1n) is 14.0. The zero-order valence-corrected chi connectivity index (χ0v) is 22.2. The molecular formula is C30H50O4. The number of carbonyl (C=O) groups is 2. The molecule has 1 aromatic rings. The van der Waals surface area contributed by atoms with Crippen LogP contribution >= 0.6 is 0 Å². The molecule has 0 aliphatic carbocycles. The van der Waals surface area contributed by atoms with E-state index in [0.717, 1.165) is 38.0 Å². The summed E-state index contributed by atoms with van der Waals surface area (Å²) >= 11 is 0. The Balaban J connectivity index is 2.45. The summed E-state index contributed by atoms with van der Waals surface area (Å²) in [6.07, 6.45) is 20.4. The number of ether oxygens (including phenoxy) is 1. The Kier molecular flexibility index (Phi) is 17.3. The fraction of sp³-hybridized carbons (Fsp3) is 0.733. The Labute approximate surface area is 208 Å². The van der Waals surface area contributed by atoms with Gasteiger partial charge in [-0.25, -0.2) is 9.59 Å². The molecule has 0 aliphatic heterocycles. The van der Waals surface area contributed by atoms with Gasteiger partial charge in [0.2, 0.25) is 0 Å². The molecule has 4 nitrogen and oxygen atoms in total. The average molecular weight is 475 g/mol. The van der Waals surface area contributed by atoms with Crippen molar-refractivity contribution in [2.75, 3.05) is 0 Å². The van der Waals surface area contributed by atoms with E-state index in [0.29, 0.717) is 0 Å². The summed E-state index contributed by atoms with van der Waals surface area (Å²) in [6, 6.07) is 6.34. The first-order chi connectivity index (χ1) is 16.5. The molecule has 0 amide bonds. The minimum Gasteiger partial charge on any atom is -0.478 e. The summed E-state index contributed by atoms with van der Waals surface area (Å²) in [5, 5.41) is 9.41. The van der Waals surface area contributed by atoms with Gasteiger partial charge >= 0.3 is 11.9 Å². The van der Waals surface area contributed by atoms with Crippen LogP contribution in [0.1, 0.15) is 151 Å². The van der Waals surface area contributed by atoms with Crippen molar-refractivity contribution >= 4 is 11.9 Å². The number of aromatic carboxylic acids is 1. The topological polar surface area (TPSA) is 63.6 Å². The molecule has 0 bridgehead atoms. The lowest BCUT2D eigenvalue weighted by Gasteiger charge is -2.19. The molecule has 0 aliphatic rings. The van der Waals surface area contributed by atoms with Crippen molar-refractivity contribution in [3.05, 3.63) is 35.4 Å². The smallest absolute Gasteiger partial charge is 0.339 e. The summed E-state index contributed by atoms with van der Waals surface area (Å²) in [4.78, 5) is 24.3. The fourth-order valence-electron chi connectivity index (χ4n) is 4.46. The highest BCUT2D eigenvalue weighted by Gasteiger charge is 2.21. The van der Waals surface area contributed by atoms with Gasteiger partial charge in [-0.3, -0.25) is 0 Å². The molecule has 34 heavy (non-hydrogen) atoms. The summed E-state index contributed by atoms with van der Waals surface area (Å²) < 4.78 is 5.85. The van der Waals surface area contributed by atoms with Crippen molar-refractivity contribution < 1.29 is 19.4 Å². The van der Waals surface area contributed by atoms with E-state index >= 15 is 0 Å². The number of unbranched alkanes of at least 4 members (excludes halogenated alkanes) is 12. The molecule has 0 saturated heterocycles. The van der Waals surface area contributed by atoms with E-state index in [-0.39, 0.29) is 17.2 Å². The van der Waals surface area contributed by atoms with Crippen molar-refractivity contribution in [3.8, 4) is 0 Å². The van der Waals surface area contributed by atoms with Crippen LogP contribution in [0.15, 0.2) is 24.3 Å². The van der Waals surface area contributed by atoms with E-state index in [9.17, 15) is 14.7 Å². The van der Waals surface area contributed by atoms with Crippen molar-refractivity contribution in [2.45, 2.75) is 136 Å². The van der Waals surface area contributed by atoms with Gasteiger partial charge in [0, 0.05) is 0 Å². The van der Waals surface area contributed by atoms with Crippen molar-refractivity contribution in [1.82, 2.24) is 0 Å². The predicted octanol–water partition coefficient (Wildman–Crippen LogP) is 9.22. The second-order valence-electron chi connectivity index (χ2n) is 10.2. The van der Waals surface area contributed by atoms with Crippen LogP contribution in [0.4, 0.5) is 0 Å². The summed E-state index contributed by atoms with van der Waals surface area (Å²) in [5.74, 6) is -0.849. The van der Waals surface area contributed by atoms with E-state index in [1.54, 1.807) is 18.2 Å². The second kappa shape index (κ2) is 19.5. The van der Waals surface area contributed by atoms with E-state index in [1.807, 2.05) is 0 Å². The third-order valence-corrected chi connectivity index (χ3v) is 6.59. The molecule has 0 saturated carbocycles. The lowest BCUT2D eigenvalue weighted by molar-refractivity contribution is 0.0244. The van der Waals surface area contributed by atoms with Crippen LogP contribution in [0.2, 0.25) is 0 Å². The number of rotatable bonds is 21. The predicted molar refractivity (Wildman–Crippen MR) is 142 cm³/mol. The minimum absolute atomic E-state index is 0.0128. The highest BCUT2D eigenvalue weighted by atomic mass is 16.5. The fourth-order valence-corrected chi connectivity index (χ4v) is 4.46. The van der Waals surface area contributed by atoms with Gasteiger partial charge in [-0.1, -0.05) is 116 Å². The normalized spacial score (nSPS) is 12.1. The maximum atomic E-state index is 12.8. The minimum atomic E-state index is -1.09. The van der Waals surface area contributed by atoms with Crippen LogP contribution in [-0.4, -0.2) is 23.1 Å². The molecule has 0 aromatic heterocycles. The van der Waals surface area contributed by atoms with E-state index in [2.05, 4.69) is 20.8 Å². The number of carboxylic acid groups (broad SMARTS) is 1. The molecule has 0 fully saturated rings. The molecule has 0 heterocycles. The maximum Gasteiger partial charge on any atom is 0.339 e. The van der Waals surface area contributed by atoms with Crippen LogP contribution in [-0.2, 0) is 4.74 Å². The van der Waals surface area contributed by atoms with Crippen LogP contribution in [0.25, 0.3) is 0 Å². The molecule has 4 heteroatoms. The van der Waals surface area contributed by atoms with E-state index < -0.39 is 11.9 Å². The Hall–Kier alpha value is -1.84. The van der Waals surface area contributed by atoms with Crippen LogP contribution in [0, 0.1) is 5.92 Å². The Morgan fingerprint density at radius 2 is 1.15 bits per heavy atom. The Morgan fingerprint density at radius 3 is 1.62 bits per heavy atom. The highest BCUT2D eigenvalue weighted by molar-refractivity contribution is 6.02. The van der Waals surface area contributed by atoms with Crippen LogP contribution in [0.3, 0.4) is 0 Å². The Morgan fingerprint density at radius 1 is 0.706 bits per heavy atom. The van der Waals surface area contributed by atoms with E-state index in [1.165, 1.54) is 83.1 Å². The number of carboxylic acids is 1. The molecule has 1 aromatic carbocycles. The van der Waals surface area contributed by atoms with Gasteiger partial charge in [-0.15, -0.1) is 0 Å². The lowest BCUT2D eigenvalue weighted by Crippen LogP contribution is -2.20. The molecule has 0 spiro atoms. The molecule has 1 N–H and O–H groups in total. The number of esters is 1. The summed E-state index contributed by atoms with van der Waals surface area (Å²) in [5.41, 5.74) is 0.166. The van der Waals surface area contributed by atoms with Gasteiger partial charge in [0.1, 0.15) is 6.10 Å². The first kappa shape index (κ1) is 30.2. The van der Waals surface area contributed by atoms with Crippen LogP contribution in [0.5, 0.6) is 0 Å². The van der Waals surface area contributed by atoms with Crippen LogP contribution < -0.4 is 0 Å². The maximum absolute atomic E-state index is 12.8. The second-order valence-corrected chi connectivity index (χ2v) is 10.2. The first-order valence-corrected chi connectivity index (χ1v) is 14.0. The van der Waals surface area contributed by atoms with Crippen molar-refractivity contribution in [3.63, 3.8) is 0 Å². The number of benzene rings is 1. The number of hydrogen-bond acceptors (Lipinski definition) is 3. The third kappa shape index (κ3) is 14.4. The largest absolute Gasteiger partial charge is 0.478 e. The zero-order chi connectivity index (χ0) is 25.0. The monoisotopic (exact) mass is 474 g/mol. The van der Waals surface area contributed by atoms with Gasteiger partial charge in [-0.05, 0) is 43.7 Å². The van der Waals surface area contributed by atoms with Crippen molar-refractivity contribution in [2.24, 2.45) is 5.92 Å². The summed E-state index contributed by atoms with van der Waals surface area (Å²) in [6.45, 7) is 6.77. The lowest BCUT2D eigenvalue weighted by atomic mass is 10.00. The molecule has 1 unspecified atom stereocenters. The van der Waals surface area contributed by atoms with E-state index in [4.69, 9.17) is 4.74 Å². The molecule has 0 radical (unpaired) electrons. The average Bonchev–Trinajstić information content (AvgIpc) is 2.81. The Bertz CT molecular complexity index is 668. The number of hydrogen-bond donors (Lipinski definition) is 1. The molecular weight excluding hydrogens is 424 g/mol. The molecule has 1 atom stereocenters. The number of carbonyl (C=O) groups excluding carboxylic acids is 1. The standard InChI is InChI=1S/C30H50O4/c1-4-5-6-7-8-9-10-11-12-16-21-26(22-17-14-13-15-20-25(2)3)34-30(33)28-24-19-18-23-27(28)29(31)32/h18-19,23-26H,4-17,20-22H2,1-3H3,(H,31,32). The molecule has 1 rings (SSSR count). The van der Waals surface area contributed by atoms with Gasteiger partial charge in [-0.2, -0.15) is 0 Å². The van der Waals surface area contributed by atoms with Gasteiger partial charge in [0.05, 0.1) is 11.1 Å². The third-order valence-electron chi connectivity index (χ3n) is 6.59. The van der Waals surface area contributed by atoms with Gasteiger partial charge in [0.15, 0.2) is 0 Å². The van der Waals surface area contributed by atoms with Crippen molar-refractivity contribution in [1.29, 1.82) is 0 Å². The van der Waals surface area contributed by atoms with Gasteiger partial charge in [0.25, 0.3) is 0 Å². The summed E-state index contributed by atoms with van der Waals surface area (Å²) in [7, 11) is 0. The quantitative estimate of drug-likeness (QED) is 0.142. The highest BCUT2D eigenvalue weighted by Crippen LogP contribution is 2.20. The molecule has 194 valence electrons. The zero-order valence-electron chi connectivity index (χ0n) is 22.2.